The average molecular weight is 272 g/mol. The lowest BCUT2D eigenvalue weighted by atomic mass is 10.1. The van der Waals surface area contributed by atoms with Crippen LogP contribution in [0.1, 0.15) is 28.6 Å². The Morgan fingerprint density at radius 1 is 1.00 bits per heavy atom. The fourth-order valence-electron chi connectivity index (χ4n) is 1.94. The second-order valence-corrected chi connectivity index (χ2v) is 4.68. The van der Waals surface area contributed by atoms with Gasteiger partial charge in [-0.05, 0) is 43.2 Å². The first-order chi connectivity index (χ1) is 9.44. The van der Waals surface area contributed by atoms with E-state index in [1.807, 2.05) is 32.0 Å². The molecule has 0 saturated carbocycles. The van der Waals surface area contributed by atoms with Crippen molar-refractivity contribution in [2.24, 2.45) is 0 Å². The van der Waals surface area contributed by atoms with Crippen LogP contribution in [0.2, 0.25) is 0 Å². The number of anilines is 2. The molecule has 2 amide bonds. The zero-order chi connectivity index (χ0) is 14.7. The molecular formula is C15H16N2O3. The van der Waals surface area contributed by atoms with Crippen molar-refractivity contribution in [1.29, 1.82) is 0 Å². The standard InChI is InChI=1S/C15H16N2O3/c1-9-6-10(2)8-12(7-9)17-15(19)13-4-5-14(20-13)16-11(3)18/h4-8H,1-3H3,(H,16,18)(H,17,19). The molecule has 5 heteroatoms. The van der Waals surface area contributed by atoms with E-state index in [0.29, 0.717) is 5.69 Å². The molecular weight excluding hydrogens is 256 g/mol. The first-order valence-electron chi connectivity index (χ1n) is 6.21. The van der Waals surface area contributed by atoms with Crippen molar-refractivity contribution in [3.8, 4) is 0 Å². The fourth-order valence-corrected chi connectivity index (χ4v) is 1.94. The Labute approximate surface area is 117 Å². The maximum atomic E-state index is 12.0. The van der Waals surface area contributed by atoms with Crippen molar-refractivity contribution in [2.45, 2.75) is 20.8 Å². The first-order valence-corrected chi connectivity index (χ1v) is 6.21. The lowest BCUT2D eigenvalue weighted by molar-refractivity contribution is -0.114. The summed E-state index contributed by atoms with van der Waals surface area (Å²) < 4.78 is 5.24. The van der Waals surface area contributed by atoms with E-state index in [2.05, 4.69) is 10.6 Å². The Kier molecular flexibility index (Phi) is 3.89. The van der Waals surface area contributed by atoms with Crippen molar-refractivity contribution >= 4 is 23.4 Å². The van der Waals surface area contributed by atoms with Gasteiger partial charge in [-0.3, -0.25) is 14.9 Å². The molecule has 20 heavy (non-hydrogen) atoms. The lowest BCUT2D eigenvalue weighted by Gasteiger charge is -2.06. The molecule has 0 fully saturated rings. The largest absolute Gasteiger partial charge is 0.435 e. The van der Waals surface area contributed by atoms with Gasteiger partial charge in [-0.1, -0.05) is 6.07 Å². The second-order valence-electron chi connectivity index (χ2n) is 4.68. The van der Waals surface area contributed by atoms with Crippen LogP contribution in [0, 0.1) is 13.8 Å². The molecule has 104 valence electrons. The van der Waals surface area contributed by atoms with Crippen molar-refractivity contribution < 1.29 is 14.0 Å². The van der Waals surface area contributed by atoms with Crippen LogP contribution in [-0.4, -0.2) is 11.8 Å². The highest BCUT2D eigenvalue weighted by Gasteiger charge is 2.12. The van der Waals surface area contributed by atoms with Gasteiger partial charge >= 0.3 is 0 Å². The topological polar surface area (TPSA) is 71.3 Å². The first kappa shape index (κ1) is 13.9. The van der Waals surface area contributed by atoms with Crippen LogP contribution in [0.15, 0.2) is 34.7 Å². The number of aryl methyl sites for hydroxylation is 2. The highest BCUT2D eigenvalue weighted by atomic mass is 16.4. The molecule has 1 aromatic heterocycles. The average Bonchev–Trinajstić information content (AvgIpc) is 2.75. The van der Waals surface area contributed by atoms with Crippen LogP contribution >= 0.6 is 0 Å². The van der Waals surface area contributed by atoms with Gasteiger partial charge in [-0.2, -0.15) is 0 Å². The molecule has 0 atom stereocenters. The maximum Gasteiger partial charge on any atom is 0.291 e. The van der Waals surface area contributed by atoms with E-state index in [1.165, 1.54) is 19.1 Å². The molecule has 0 radical (unpaired) electrons. The van der Waals surface area contributed by atoms with Crippen molar-refractivity contribution in [3.63, 3.8) is 0 Å². The molecule has 2 rings (SSSR count). The minimum atomic E-state index is -0.355. The van der Waals surface area contributed by atoms with Crippen molar-refractivity contribution in [3.05, 3.63) is 47.2 Å². The summed E-state index contributed by atoms with van der Waals surface area (Å²) in [5.41, 5.74) is 2.85. The highest BCUT2D eigenvalue weighted by molar-refractivity contribution is 6.02. The molecule has 2 aromatic rings. The van der Waals surface area contributed by atoms with Crippen LogP contribution in [0.3, 0.4) is 0 Å². The molecule has 0 spiro atoms. The van der Waals surface area contributed by atoms with Crippen LogP contribution < -0.4 is 10.6 Å². The number of carbonyl (C=O) groups is 2. The molecule has 1 aromatic carbocycles. The Morgan fingerprint density at radius 3 is 2.25 bits per heavy atom. The summed E-state index contributed by atoms with van der Waals surface area (Å²) in [7, 11) is 0. The van der Waals surface area contributed by atoms with Gasteiger partial charge in [-0.25, -0.2) is 0 Å². The number of hydrogen-bond donors (Lipinski definition) is 2. The lowest BCUT2D eigenvalue weighted by Crippen LogP contribution is -2.11. The third-order valence-corrected chi connectivity index (χ3v) is 2.61. The van der Waals surface area contributed by atoms with E-state index in [-0.39, 0.29) is 23.5 Å². The van der Waals surface area contributed by atoms with E-state index in [1.54, 1.807) is 0 Å². The molecule has 0 aliphatic carbocycles. The van der Waals surface area contributed by atoms with Gasteiger partial charge in [0.15, 0.2) is 11.6 Å². The molecule has 2 N–H and O–H groups in total. The van der Waals surface area contributed by atoms with Gasteiger partial charge in [0, 0.05) is 18.7 Å². The second kappa shape index (κ2) is 5.61. The quantitative estimate of drug-likeness (QED) is 0.901. The molecule has 0 unspecified atom stereocenters. The maximum absolute atomic E-state index is 12.0. The van der Waals surface area contributed by atoms with E-state index in [0.717, 1.165) is 11.1 Å². The molecule has 0 aliphatic rings. The number of amides is 2. The third kappa shape index (κ3) is 3.47. The van der Waals surface area contributed by atoms with Gasteiger partial charge in [0.1, 0.15) is 0 Å². The predicted octanol–water partition coefficient (Wildman–Crippen LogP) is 3.11. The summed E-state index contributed by atoms with van der Waals surface area (Å²) in [5, 5.41) is 5.24. The van der Waals surface area contributed by atoms with E-state index < -0.39 is 0 Å². The van der Waals surface area contributed by atoms with Gasteiger partial charge in [0.2, 0.25) is 5.91 Å². The molecule has 0 saturated heterocycles. The van der Waals surface area contributed by atoms with Crippen LogP contribution in [0.4, 0.5) is 11.6 Å². The van der Waals surface area contributed by atoms with Crippen LogP contribution in [0.5, 0.6) is 0 Å². The summed E-state index contributed by atoms with van der Waals surface area (Å²) in [4.78, 5) is 22.9. The predicted molar refractivity (Wildman–Crippen MR) is 76.9 cm³/mol. The molecule has 0 bridgehead atoms. The highest BCUT2D eigenvalue weighted by Crippen LogP contribution is 2.17. The number of furan rings is 1. The van der Waals surface area contributed by atoms with E-state index in [9.17, 15) is 9.59 Å². The Morgan fingerprint density at radius 2 is 1.65 bits per heavy atom. The van der Waals surface area contributed by atoms with E-state index in [4.69, 9.17) is 4.42 Å². The summed E-state index contributed by atoms with van der Waals surface area (Å²) in [6.07, 6.45) is 0. The zero-order valence-electron chi connectivity index (χ0n) is 11.6. The summed E-state index contributed by atoms with van der Waals surface area (Å²) >= 11 is 0. The Bertz CT molecular complexity index is 639. The molecule has 0 aliphatic heterocycles. The fraction of sp³-hybridized carbons (Fsp3) is 0.200. The number of hydrogen-bond acceptors (Lipinski definition) is 3. The minimum absolute atomic E-state index is 0.146. The monoisotopic (exact) mass is 272 g/mol. The molecule has 1 heterocycles. The number of rotatable bonds is 3. The van der Waals surface area contributed by atoms with Gasteiger partial charge in [0.25, 0.3) is 5.91 Å². The smallest absolute Gasteiger partial charge is 0.291 e. The Hall–Kier alpha value is -2.56. The van der Waals surface area contributed by atoms with Gasteiger partial charge < -0.3 is 9.73 Å². The van der Waals surface area contributed by atoms with Crippen molar-refractivity contribution in [1.82, 2.24) is 0 Å². The molecule has 5 nitrogen and oxygen atoms in total. The number of carbonyl (C=O) groups excluding carboxylic acids is 2. The van der Waals surface area contributed by atoms with Gasteiger partial charge in [0.05, 0.1) is 0 Å². The van der Waals surface area contributed by atoms with Crippen LogP contribution in [0.25, 0.3) is 0 Å². The van der Waals surface area contributed by atoms with Crippen molar-refractivity contribution in [2.75, 3.05) is 10.6 Å². The minimum Gasteiger partial charge on any atom is -0.435 e. The van der Waals surface area contributed by atoms with E-state index >= 15 is 0 Å². The zero-order valence-corrected chi connectivity index (χ0v) is 11.6. The van der Waals surface area contributed by atoms with Gasteiger partial charge in [-0.15, -0.1) is 0 Å². The normalized spacial score (nSPS) is 10.2. The Balaban J connectivity index is 2.11. The SMILES string of the molecule is CC(=O)Nc1ccc(C(=O)Nc2cc(C)cc(C)c2)o1. The summed E-state index contributed by atoms with van der Waals surface area (Å²) in [6.45, 7) is 5.30. The third-order valence-electron chi connectivity index (χ3n) is 2.61. The number of benzene rings is 1. The number of nitrogens with one attached hydrogen (secondary N) is 2. The summed E-state index contributed by atoms with van der Waals surface area (Å²) in [5.74, 6) is -0.205. The summed E-state index contributed by atoms with van der Waals surface area (Å²) in [6, 6.07) is 8.84. The van der Waals surface area contributed by atoms with Crippen LogP contribution in [-0.2, 0) is 4.79 Å².